The third kappa shape index (κ3) is 5.50. The van der Waals surface area contributed by atoms with Crippen molar-refractivity contribution in [3.8, 4) is 5.75 Å². The number of rotatable bonds is 8. The second-order valence-electron chi connectivity index (χ2n) is 7.15. The number of anilines is 2. The molecular weight excluding hydrogens is 368 g/mol. The molecule has 3 rings (SSSR count). The summed E-state index contributed by atoms with van der Waals surface area (Å²) in [6, 6.07) is 13.2. The third-order valence-corrected chi connectivity index (χ3v) is 4.93. The van der Waals surface area contributed by atoms with Crippen molar-refractivity contribution >= 4 is 23.3 Å². The molecule has 1 amide bonds. The highest BCUT2D eigenvalue weighted by Gasteiger charge is 2.20. The standard InChI is InChI=1S/C23H28N2O4/c1-3-4-5-9-22(26)24-19-10-11-21-20(15-19)25(12-13-29-21)16-17-7-6-8-18(14-17)23(27)28-2/h6-8,10-11,14-15H,3-5,9,12-13,16H2,1-2H3,(H,24,26). The molecule has 1 aliphatic heterocycles. The summed E-state index contributed by atoms with van der Waals surface area (Å²) in [5, 5.41) is 2.98. The number of benzene rings is 2. The van der Waals surface area contributed by atoms with Crippen LogP contribution in [0.2, 0.25) is 0 Å². The number of unbranched alkanes of at least 4 members (excludes halogenated alkanes) is 2. The Labute approximate surface area is 171 Å². The summed E-state index contributed by atoms with van der Waals surface area (Å²) in [4.78, 5) is 26.2. The van der Waals surface area contributed by atoms with Crippen LogP contribution in [-0.2, 0) is 16.1 Å². The van der Waals surface area contributed by atoms with E-state index in [0.29, 0.717) is 25.1 Å². The van der Waals surface area contributed by atoms with Gasteiger partial charge in [0, 0.05) is 18.7 Å². The number of carbonyl (C=O) groups is 2. The van der Waals surface area contributed by atoms with E-state index in [-0.39, 0.29) is 11.9 Å². The number of esters is 1. The fraction of sp³-hybridized carbons (Fsp3) is 0.391. The average molecular weight is 396 g/mol. The Morgan fingerprint density at radius 1 is 1.17 bits per heavy atom. The number of methoxy groups -OCH3 is 1. The Balaban J connectivity index is 1.73. The van der Waals surface area contributed by atoms with Gasteiger partial charge in [-0.3, -0.25) is 4.79 Å². The zero-order valence-electron chi connectivity index (χ0n) is 17.1. The Bertz CT molecular complexity index is 866. The topological polar surface area (TPSA) is 67.9 Å². The normalized spacial score (nSPS) is 12.7. The number of nitrogens with one attached hydrogen (secondary N) is 1. The third-order valence-electron chi connectivity index (χ3n) is 4.93. The molecule has 6 heteroatoms. The average Bonchev–Trinajstić information content (AvgIpc) is 2.74. The van der Waals surface area contributed by atoms with Crippen molar-refractivity contribution in [3.05, 3.63) is 53.6 Å². The fourth-order valence-corrected chi connectivity index (χ4v) is 3.41. The monoisotopic (exact) mass is 396 g/mol. The van der Waals surface area contributed by atoms with Gasteiger partial charge < -0.3 is 19.7 Å². The largest absolute Gasteiger partial charge is 0.490 e. The van der Waals surface area contributed by atoms with E-state index in [2.05, 4.69) is 17.1 Å². The van der Waals surface area contributed by atoms with Crippen LogP contribution in [0, 0.1) is 0 Å². The highest BCUT2D eigenvalue weighted by Crippen LogP contribution is 2.35. The van der Waals surface area contributed by atoms with Gasteiger partial charge in [-0.25, -0.2) is 4.79 Å². The first-order chi connectivity index (χ1) is 14.1. The molecule has 0 bridgehead atoms. The second-order valence-corrected chi connectivity index (χ2v) is 7.15. The molecular formula is C23H28N2O4. The minimum absolute atomic E-state index is 0.0347. The van der Waals surface area contributed by atoms with E-state index in [9.17, 15) is 9.59 Å². The molecule has 6 nitrogen and oxygen atoms in total. The molecule has 154 valence electrons. The first kappa shape index (κ1) is 20.7. The van der Waals surface area contributed by atoms with Gasteiger partial charge in [-0.05, 0) is 42.3 Å². The minimum Gasteiger partial charge on any atom is -0.490 e. The van der Waals surface area contributed by atoms with Crippen molar-refractivity contribution in [1.29, 1.82) is 0 Å². The van der Waals surface area contributed by atoms with Crippen LogP contribution in [0.3, 0.4) is 0 Å². The van der Waals surface area contributed by atoms with E-state index in [1.165, 1.54) is 7.11 Å². The lowest BCUT2D eigenvalue weighted by atomic mass is 10.1. The second kappa shape index (κ2) is 9.96. The van der Waals surface area contributed by atoms with Gasteiger partial charge in [0.25, 0.3) is 0 Å². The summed E-state index contributed by atoms with van der Waals surface area (Å²) in [7, 11) is 1.38. The molecule has 29 heavy (non-hydrogen) atoms. The summed E-state index contributed by atoms with van der Waals surface area (Å²) in [5.74, 6) is 0.485. The summed E-state index contributed by atoms with van der Waals surface area (Å²) >= 11 is 0. The Kier molecular flexibility index (Phi) is 7.11. The van der Waals surface area contributed by atoms with Crippen molar-refractivity contribution in [1.82, 2.24) is 0 Å². The van der Waals surface area contributed by atoms with Crippen molar-refractivity contribution in [2.75, 3.05) is 30.5 Å². The van der Waals surface area contributed by atoms with Gasteiger partial charge in [0.05, 0.1) is 24.9 Å². The summed E-state index contributed by atoms with van der Waals surface area (Å²) in [6.45, 7) is 4.07. The number of amides is 1. The number of hydrogen-bond donors (Lipinski definition) is 1. The maximum Gasteiger partial charge on any atom is 0.337 e. The van der Waals surface area contributed by atoms with Crippen molar-refractivity contribution < 1.29 is 19.1 Å². The lowest BCUT2D eigenvalue weighted by molar-refractivity contribution is -0.116. The molecule has 0 radical (unpaired) electrons. The smallest absolute Gasteiger partial charge is 0.337 e. The van der Waals surface area contributed by atoms with Gasteiger partial charge in [-0.15, -0.1) is 0 Å². The molecule has 0 fully saturated rings. The predicted octanol–water partition coefficient (Wildman–Crippen LogP) is 4.39. The van der Waals surface area contributed by atoms with E-state index in [1.54, 1.807) is 6.07 Å². The number of nitrogens with zero attached hydrogens (tertiary/aromatic N) is 1. The molecule has 2 aromatic rings. The van der Waals surface area contributed by atoms with Gasteiger partial charge in [0.2, 0.25) is 5.91 Å². The van der Waals surface area contributed by atoms with Crippen molar-refractivity contribution in [2.24, 2.45) is 0 Å². The van der Waals surface area contributed by atoms with Crippen LogP contribution >= 0.6 is 0 Å². The first-order valence-corrected chi connectivity index (χ1v) is 10.1. The van der Waals surface area contributed by atoms with E-state index < -0.39 is 0 Å². The van der Waals surface area contributed by atoms with Crippen molar-refractivity contribution in [2.45, 2.75) is 39.2 Å². The first-order valence-electron chi connectivity index (χ1n) is 10.1. The van der Waals surface area contributed by atoms with Crippen LogP contribution in [0.5, 0.6) is 5.75 Å². The molecule has 1 N–H and O–H groups in total. The number of fused-ring (bicyclic) bond motifs is 1. The van der Waals surface area contributed by atoms with E-state index in [4.69, 9.17) is 9.47 Å². The summed E-state index contributed by atoms with van der Waals surface area (Å²) in [6.07, 6.45) is 3.59. The quantitative estimate of drug-likeness (QED) is 0.529. The van der Waals surface area contributed by atoms with Crippen LogP contribution in [0.25, 0.3) is 0 Å². The van der Waals surface area contributed by atoms with Crippen LogP contribution in [-0.4, -0.2) is 32.1 Å². The SMILES string of the molecule is CCCCCC(=O)Nc1ccc2c(c1)N(Cc1cccc(C(=O)OC)c1)CCO2. The molecule has 0 spiro atoms. The zero-order chi connectivity index (χ0) is 20.6. The van der Waals surface area contributed by atoms with Gasteiger partial charge >= 0.3 is 5.97 Å². The van der Waals surface area contributed by atoms with Crippen LogP contribution < -0.4 is 15.0 Å². The summed E-state index contributed by atoms with van der Waals surface area (Å²) < 4.78 is 10.6. The highest BCUT2D eigenvalue weighted by molar-refractivity contribution is 5.91. The van der Waals surface area contributed by atoms with Gasteiger partial charge in [-0.1, -0.05) is 31.9 Å². The Morgan fingerprint density at radius 3 is 2.83 bits per heavy atom. The number of carbonyl (C=O) groups excluding carboxylic acids is 2. The predicted molar refractivity (Wildman–Crippen MR) is 114 cm³/mol. The zero-order valence-corrected chi connectivity index (χ0v) is 17.1. The highest BCUT2D eigenvalue weighted by atomic mass is 16.5. The van der Waals surface area contributed by atoms with Crippen LogP contribution in [0.1, 0.15) is 48.5 Å². The fourth-order valence-electron chi connectivity index (χ4n) is 3.41. The molecule has 0 unspecified atom stereocenters. The van der Waals surface area contributed by atoms with Gasteiger partial charge in [-0.2, -0.15) is 0 Å². The molecule has 0 atom stereocenters. The number of hydrogen-bond acceptors (Lipinski definition) is 5. The van der Waals surface area contributed by atoms with Gasteiger partial charge in [0.15, 0.2) is 0 Å². The summed E-state index contributed by atoms with van der Waals surface area (Å²) in [5.41, 5.74) is 3.25. The lowest BCUT2D eigenvalue weighted by Gasteiger charge is -2.31. The molecule has 1 aliphatic rings. The lowest BCUT2D eigenvalue weighted by Crippen LogP contribution is -2.32. The maximum absolute atomic E-state index is 12.2. The Hall–Kier alpha value is -3.02. The minimum atomic E-state index is -0.345. The number of ether oxygens (including phenoxy) is 2. The van der Waals surface area contributed by atoms with Crippen LogP contribution in [0.15, 0.2) is 42.5 Å². The maximum atomic E-state index is 12.2. The molecule has 0 aromatic heterocycles. The molecule has 2 aromatic carbocycles. The Morgan fingerprint density at radius 2 is 2.03 bits per heavy atom. The van der Waals surface area contributed by atoms with Gasteiger partial charge in [0.1, 0.15) is 12.4 Å². The van der Waals surface area contributed by atoms with Crippen molar-refractivity contribution in [3.63, 3.8) is 0 Å². The molecule has 1 heterocycles. The van der Waals surface area contributed by atoms with E-state index >= 15 is 0 Å². The van der Waals surface area contributed by atoms with Crippen LogP contribution in [0.4, 0.5) is 11.4 Å². The van der Waals surface area contributed by atoms with E-state index in [0.717, 1.165) is 48.5 Å². The molecule has 0 saturated heterocycles. The van der Waals surface area contributed by atoms with E-state index in [1.807, 2.05) is 36.4 Å². The molecule has 0 aliphatic carbocycles. The molecule has 0 saturated carbocycles.